The number of hydrogen-bond acceptors (Lipinski definition) is 3. The quantitative estimate of drug-likeness (QED) is 0.756. The van der Waals surface area contributed by atoms with Crippen LogP contribution in [-0.4, -0.2) is 13.1 Å². The maximum Gasteiger partial charge on any atom is 0.305 e. The van der Waals surface area contributed by atoms with Crippen molar-refractivity contribution in [3.63, 3.8) is 0 Å². The van der Waals surface area contributed by atoms with Gasteiger partial charge in [0.15, 0.2) is 0 Å². The van der Waals surface area contributed by atoms with E-state index in [1.54, 1.807) is 0 Å². The minimum absolute atomic E-state index is 0.196. The first-order valence-electron chi connectivity index (χ1n) is 6.70. The number of benzene rings is 2. The Morgan fingerprint density at radius 2 is 1.62 bits per heavy atom. The van der Waals surface area contributed by atoms with Crippen LogP contribution in [0.5, 0.6) is 5.75 Å². The first-order chi connectivity index (χ1) is 10.2. The molecule has 2 aromatic carbocycles. The molecule has 2 aromatic rings. The first kappa shape index (κ1) is 15.4. The fourth-order valence-corrected chi connectivity index (χ4v) is 1.97. The monoisotopic (exact) mass is 304 g/mol. The van der Waals surface area contributed by atoms with E-state index in [4.69, 9.17) is 16.3 Å². The Balaban J connectivity index is 1.84. The molecule has 0 N–H and O–H groups in total. The average Bonchev–Trinajstić information content (AvgIpc) is 2.53. The Morgan fingerprint density at radius 1 is 1.00 bits per heavy atom. The highest BCUT2D eigenvalue weighted by atomic mass is 35.5. The molecule has 3 nitrogen and oxygen atoms in total. The van der Waals surface area contributed by atoms with Crippen LogP contribution in [0.1, 0.15) is 17.5 Å². The molecular weight excluding hydrogens is 288 g/mol. The van der Waals surface area contributed by atoms with Crippen molar-refractivity contribution < 1.29 is 14.3 Å². The van der Waals surface area contributed by atoms with Crippen molar-refractivity contribution in [3.05, 3.63) is 64.7 Å². The molecule has 0 heterocycles. The zero-order valence-electron chi connectivity index (χ0n) is 11.8. The summed E-state index contributed by atoms with van der Waals surface area (Å²) in [7, 11) is 1.40. The zero-order chi connectivity index (χ0) is 15.1. The lowest BCUT2D eigenvalue weighted by molar-refractivity contribution is -0.140. The highest BCUT2D eigenvalue weighted by Crippen LogP contribution is 2.16. The number of aryl methyl sites for hydroxylation is 1. The molecule has 0 aromatic heterocycles. The number of methoxy groups -OCH3 is 1. The van der Waals surface area contributed by atoms with Gasteiger partial charge in [0.05, 0.1) is 7.11 Å². The summed E-state index contributed by atoms with van der Waals surface area (Å²) in [4.78, 5) is 11.1. The third-order valence-electron chi connectivity index (χ3n) is 3.09. The van der Waals surface area contributed by atoms with E-state index >= 15 is 0 Å². The van der Waals surface area contributed by atoms with E-state index in [1.807, 2.05) is 48.5 Å². The largest absolute Gasteiger partial charge is 0.489 e. The van der Waals surface area contributed by atoms with Crippen molar-refractivity contribution in [2.45, 2.75) is 19.4 Å². The number of esters is 1. The molecule has 0 radical (unpaired) electrons. The van der Waals surface area contributed by atoms with Crippen molar-refractivity contribution in [2.24, 2.45) is 0 Å². The van der Waals surface area contributed by atoms with Crippen molar-refractivity contribution >= 4 is 17.6 Å². The molecule has 0 amide bonds. The van der Waals surface area contributed by atoms with Gasteiger partial charge < -0.3 is 9.47 Å². The molecular formula is C17H17ClO3. The van der Waals surface area contributed by atoms with Gasteiger partial charge in [-0.25, -0.2) is 0 Å². The van der Waals surface area contributed by atoms with E-state index < -0.39 is 0 Å². The summed E-state index contributed by atoms with van der Waals surface area (Å²) in [6, 6.07) is 15.3. The summed E-state index contributed by atoms with van der Waals surface area (Å²) >= 11 is 5.83. The molecule has 4 heteroatoms. The van der Waals surface area contributed by atoms with Crippen LogP contribution in [0.4, 0.5) is 0 Å². The van der Waals surface area contributed by atoms with E-state index in [2.05, 4.69) is 4.74 Å². The van der Waals surface area contributed by atoms with Gasteiger partial charge in [-0.05, 0) is 41.8 Å². The van der Waals surface area contributed by atoms with Crippen LogP contribution in [0.3, 0.4) is 0 Å². The maximum absolute atomic E-state index is 11.1. The molecule has 0 saturated carbocycles. The minimum Gasteiger partial charge on any atom is -0.489 e. The van der Waals surface area contributed by atoms with Crippen molar-refractivity contribution in [1.82, 2.24) is 0 Å². The van der Waals surface area contributed by atoms with E-state index in [0.717, 1.165) is 16.9 Å². The van der Waals surface area contributed by atoms with Crippen LogP contribution in [0, 0.1) is 0 Å². The number of carbonyl (C=O) groups is 1. The molecule has 0 unspecified atom stereocenters. The van der Waals surface area contributed by atoms with Crippen LogP contribution >= 0.6 is 11.6 Å². The maximum atomic E-state index is 11.1. The zero-order valence-corrected chi connectivity index (χ0v) is 12.6. The Kier molecular flexibility index (Phi) is 5.64. The summed E-state index contributed by atoms with van der Waals surface area (Å²) in [5.41, 5.74) is 2.15. The second-order valence-corrected chi connectivity index (χ2v) is 5.07. The lowest BCUT2D eigenvalue weighted by atomic mass is 10.1. The predicted octanol–water partition coefficient (Wildman–Crippen LogP) is 4.02. The Labute approximate surface area is 129 Å². The SMILES string of the molecule is COC(=O)CCc1ccc(OCc2ccc(Cl)cc2)cc1. The van der Waals surface area contributed by atoms with Gasteiger partial charge >= 0.3 is 5.97 Å². The summed E-state index contributed by atoms with van der Waals surface area (Å²) in [6.07, 6.45) is 1.06. The van der Waals surface area contributed by atoms with Gasteiger partial charge in [0, 0.05) is 11.4 Å². The third kappa shape index (κ3) is 5.12. The van der Waals surface area contributed by atoms with Crippen LogP contribution in [0.25, 0.3) is 0 Å². The fraction of sp³-hybridized carbons (Fsp3) is 0.235. The normalized spacial score (nSPS) is 10.2. The summed E-state index contributed by atoms with van der Waals surface area (Å²) in [5.74, 6) is 0.602. The number of hydrogen-bond donors (Lipinski definition) is 0. The highest BCUT2D eigenvalue weighted by Gasteiger charge is 2.02. The lowest BCUT2D eigenvalue weighted by Crippen LogP contribution is -2.01. The van der Waals surface area contributed by atoms with Gasteiger partial charge in [-0.2, -0.15) is 0 Å². The minimum atomic E-state index is -0.196. The molecule has 0 fully saturated rings. The van der Waals surface area contributed by atoms with Crippen LogP contribution in [0.2, 0.25) is 5.02 Å². The van der Waals surface area contributed by atoms with Gasteiger partial charge in [-0.1, -0.05) is 35.9 Å². The first-order valence-corrected chi connectivity index (χ1v) is 7.08. The second kappa shape index (κ2) is 7.70. The van der Waals surface area contributed by atoms with Gasteiger partial charge in [0.1, 0.15) is 12.4 Å². The fourth-order valence-electron chi connectivity index (χ4n) is 1.85. The molecule has 110 valence electrons. The Morgan fingerprint density at radius 3 is 2.24 bits per heavy atom. The summed E-state index contributed by atoms with van der Waals surface area (Å²) < 4.78 is 10.3. The van der Waals surface area contributed by atoms with E-state index in [9.17, 15) is 4.79 Å². The Bertz CT molecular complexity index is 576. The number of halogens is 1. The summed E-state index contributed by atoms with van der Waals surface area (Å²) in [5, 5.41) is 0.716. The van der Waals surface area contributed by atoms with Gasteiger partial charge in [0.25, 0.3) is 0 Å². The third-order valence-corrected chi connectivity index (χ3v) is 3.34. The number of carbonyl (C=O) groups excluding carboxylic acids is 1. The topological polar surface area (TPSA) is 35.5 Å². The van der Waals surface area contributed by atoms with Gasteiger partial charge in [-0.15, -0.1) is 0 Å². The van der Waals surface area contributed by atoms with E-state index in [1.165, 1.54) is 7.11 Å². The van der Waals surface area contributed by atoms with Crippen molar-refractivity contribution in [1.29, 1.82) is 0 Å². The molecule has 0 aliphatic carbocycles. The number of rotatable bonds is 6. The molecule has 0 bridgehead atoms. The molecule has 21 heavy (non-hydrogen) atoms. The van der Waals surface area contributed by atoms with Crippen LogP contribution in [-0.2, 0) is 22.6 Å². The van der Waals surface area contributed by atoms with Crippen molar-refractivity contribution in [3.8, 4) is 5.75 Å². The Hall–Kier alpha value is -2.00. The van der Waals surface area contributed by atoms with Gasteiger partial charge in [-0.3, -0.25) is 4.79 Å². The lowest BCUT2D eigenvalue weighted by Gasteiger charge is -2.07. The molecule has 0 aliphatic rings. The molecule has 0 atom stereocenters. The number of ether oxygens (including phenoxy) is 2. The highest BCUT2D eigenvalue weighted by molar-refractivity contribution is 6.30. The second-order valence-electron chi connectivity index (χ2n) is 4.64. The standard InChI is InChI=1S/C17H17ClO3/c1-20-17(19)11-6-13-4-9-16(10-5-13)21-12-14-2-7-15(18)8-3-14/h2-5,7-10H,6,11-12H2,1H3. The molecule has 2 rings (SSSR count). The van der Waals surface area contributed by atoms with Crippen molar-refractivity contribution in [2.75, 3.05) is 7.11 Å². The predicted molar refractivity (Wildman–Crippen MR) is 82.6 cm³/mol. The van der Waals surface area contributed by atoms with E-state index in [0.29, 0.717) is 24.5 Å². The summed E-state index contributed by atoms with van der Waals surface area (Å²) in [6.45, 7) is 0.499. The molecule has 0 aliphatic heterocycles. The van der Waals surface area contributed by atoms with E-state index in [-0.39, 0.29) is 5.97 Å². The van der Waals surface area contributed by atoms with Gasteiger partial charge in [0.2, 0.25) is 0 Å². The molecule has 0 spiro atoms. The molecule has 0 saturated heterocycles. The van der Waals surface area contributed by atoms with Crippen LogP contribution in [0.15, 0.2) is 48.5 Å². The smallest absolute Gasteiger partial charge is 0.305 e. The average molecular weight is 305 g/mol. The van der Waals surface area contributed by atoms with Crippen LogP contribution < -0.4 is 4.74 Å².